The Hall–Kier alpha value is -4.44. The SMILES string of the molecule is C=C(/C=C(C)\C(C)=C/C)Cn1cncc(C(=O)NCC#Cc2ccc3nccc(OC(C)C)c3c2)c1=O. The van der Waals surface area contributed by atoms with Crippen LogP contribution in [0.4, 0.5) is 0 Å². The molecule has 0 fully saturated rings. The van der Waals surface area contributed by atoms with E-state index in [1.807, 2.05) is 71.0 Å². The van der Waals surface area contributed by atoms with Crippen LogP contribution in [0, 0.1) is 11.8 Å². The van der Waals surface area contributed by atoms with Crippen LogP contribution < -0.4 is 15.6 Å². The topological polar surface area (TPSA) is 86.1 Å². The highest BCUT2D eigenvalue weighted by Crippen LogP contribution is 2.25. The van der Waals surface area contributed by atoms with Crippen molar-refractivity contribution in [1.29, 1.82) is 0 Å². The first-order valence-electron chi connectivity index (χ1n) is 12.1. The quantitative estimate of drug-likeness (QED) is 0.357. The van der Waals surface area contributed by atoms with Gasteiger partial charge < -0.3 is 10.1 Å². The number of pyridine rings is 1. The van der Waals surface area contributed by atoms with Crippen LogP contribution in [-0.2, 0) is 6.54 Å². The van der Waals surface area contributed by atoms with Gasteiger partial charge in [-0.2, -0.15) is 0 Å². The monoisotopic (exact) mass is 496 g/mol. The van der Waals surface area contributed by atoms with Crippen LogP contribution in [0.15, 0.2) is 83.2 Å². The van der Waals surface area contributed by atoms with Crippen molar-refractivity contribution < 1.29 is 9.53 Å². The molecular weight excluding hydrogens is 464 g/mol. The number of nitrogens with zero attached hydrogens (tertiary/aromatic N) is 3. The van der Waals surface area contributed by atoms with Crippen molar-refractivity contribution in [2.24, 2.45) is 0 Å². The number of fused-ring (bicyclic) bond motifs is 1. The summed E-state index contributed by atoms with van der Waals surface area (Å²) in [6.07, 6.45) is 8.35. The van der Waals surface area contributed by atoms with Gasteiger partial charge in [-0.05, 0) is 70.0 Å². The normalized spacial score (nSPS) is 11.7. The van der Waals surface area contributed by atoms with Crippen LogP contribution in [0.3, 0.4) is 0 Å². The van der Waals surface area contributed by atoms with E-state index in [-0.39, 0.29) is 24.8 Å². The Balaban J connectivity index is 1.68. The molecule has 37 heavy (non-hydrogen) atoms. The summed E-state index contributed by atoms with van der Waals surface area (Å²) < 4.78 is 7.25. The zero-order valence-electron chi connectivity index (χ0n) is 22.0. The number of benzene rings is 1. The molecule has 1 amide bonds. The third-order valence-electron chi connectivity index (χ3n) is 5.63. The molecule has 0 radical (unpaired) electrons. The minimum absolute atomic E-state index is 0.0358. The minimum Gasteiger partial charge on any atom is -0.490 e. The molecule has 0 saturated carbocycles. The Morgan fingerprint density at radius 1 is 1.24 bits per heavy atom. The summed E-state index contributed by atoms with van der Waals surface area (Å²) in [6.45, 7) is 14.2. The van der Waals surface area contributed by atoms with Crippen molar-refractivity contribution in [1.82, 2.24) is 19.9 Å². The number of amides is 1. The van der Waals surface area contributed by atoms with E-state index in [9.17, 15) is 9.59 Å². The molecule has 1 N–H and O–H groups in total. The van der Waals surface area contributed by atoms with E-state index in [4.69, 9.17) is 4.74 Å². The van der Waals surface area contributed by atoms with Crippen LogP contribution in [0.25, 0.3) is 10.9 Å². The van der Waals surface area contributed by atoms with Gasteiger partial charge in [0.1, 0.15) is 11.3 Å². The summed E-state index contributed by atoms with van der Waals surface area (Å²) in [5.74, 6) is 6.19. The number of hydrogen-bond acceptors (Lipinski definition) is 5. The fourth-order valence-corrected chi connectivity index (χ4v) is 3.55. The van der Waals surface area contributed by atoms with Crippen molar-refractivity contribution in [2.75, 3.05) is 6.54 Å². The van der Waals surface area contributed by atoms with E-state index < -0.39 is 11.5 Å². The molecule has 2 heterocycles. The Labute approximate surface area is 217 Å². The first-order valence-corrected chi connectivity index (χ1v) is 12.1. The number of carbonyl (C=O) groups excluding carboxylic acids is 1. The zero-order valence-corrected chi connectivity index (χ0v) is 22.0. The maximum absolute atomic E-state index is 12.8. The molecule has 3 aromatic rings. The molecule has 0 aliphatic heterocycles. The average molecular weight is 497 g/mol. The largest absolute Gasteiger partial charge is 0.490 e. The summed E-state index contributed by atoms with van der Waals surface area (Å²) in [5, 5.41) is 3.55. The van der Waals surface area contributed by atoms with Crippen LogP contribution in [0.1, 0.15) is 50.5 Å². The smallest absolute Gasteiger partial charge is 0.266 e. The predicted octanol–water partition coefficient (Wildman–Crippen LogP) is 4.83. The fraction of sp³-hybridized carbons (Fsp3) is 0.267. The third kappa shape index (κ3) is 7.28. The lowest BCUT2D eigenvalue weighted by atomic mass is 10.1. The van der Waals surface area contributed by atoms with E-state index in [1.54, 1.807) is 6.20 Å². The molecule has 0 saturated heterocycles. The van der Waals surface area contributed by atoms with Crippen molar-refractivity contribution in [3.05, 3.63) is 99.9 Å². The van der Waals surface area contributed by atoms with Gasteiger partial charge in [-0.3, -0.25) is 19.1 Å². The van der Waals surface area contributed by atoms with Crippen LogP contribution >= 0.6 is 0 Å². The van der Waals surface area contributed by atoms with Gasteiger partial charge in [-0.1, -0.05) is 36.1 Å². The number of allylic oxidation sites excluding steroid dienone is 5. The molecule has 0 spiro atoms. The van der Waals surface area contributed by atoms with E-state index >= 15 is 0 Å². The molecule has 7 nitrogen and oxygen atoms in total. The molecule has 0 bridgehead atoms. The standard InChI is InChI=1S/C30H32N4O3/c1-7-22(5)23(6)15-21(4)18-34-19-31-17-26(30(34)36)29(35)33-13-8-9-24-10-11-27-25(16-24)28(12-14-32-27)37-20(2)3/h7,10-12,14-17,19-20H,4,13,18H2,1-3,5-6H3,(H,33,35)/b22-7-,23-15-. The highest BCUT2D eigenvalue weighted by atomic mass is 16.5. The van der Waals surface area contributed by atoms with E-state index in [0.717, 1.165) is 38.9 Å². The molecule has 0 unspecified atom stereocenters. The molecular formula is C30H32N4O3. The minimum atomic E-state index is -0.529. The maximum atomic E-state index is 12.8. The van der Waals surface area contributed by atoms with Crippen LogP contribution in [-0.4, -0.2) is 33.1 Å². The predicted molar refractivity (Wildman–Crippen MR) is 148 cm³/mol. The lowest BCUT2D eigenvalue weighted by Crippen LogP contribution is -2.33. The van der Waals surface area contributed by atoms with Gasteiger partial charge in [0.05, 0.1) is 31.0 Å². The summed E-state index contributed by atoms with van der Waals surface area (Å²) in [5.41, 5.74) is 4.03. The number of rotatable bonds is 8. The molecule has 1 aromatic carbocycles. The number of aromatic nitrogens is 3. The molecule has 7 heteroatoms. The highest BCUT2D eigenvalue weighted by Gasteiger charge is 2.12. The summed E-state index contributed by atoms with van der Waals surface area (Å²) >= 11 is 0. The maximum Gasteiger partial charge on any atom is 0.266 e. The number of ether oxygens (including phenoxy) is 1. The van der Waals surface area contributed by atoms with Gasteiger partial charge in [-0.15, -0.1) is 0 Å². The average Bonchev–Trinajstić information content (AvgIpc) is 2.87. The zero-order chi connectivity index (χ0) is 26.9. The van der Waals surface area contributed by atoms with Crippen LogP contribution in [0.2, 0.25) is 0 Å². The Bertz CT molecular complexity index is 1500. The first kappa shape index (κ1) is 27.2. The Morgan fingerprint density at radius 3 is 2.76 bits per heavy atom. The molecule has 0 atom stereocenters. The van der Waals surface area contributed by atoms with Crippen LogP contribution in [0.5, 0.6) is 5.75 Å². The highest BCUT2D eigenvalue weighted by molar-refractivity contribution is 5.93. The Kier molecular flexibility index (Phi) is 9.17. The van der Waals surface area contributed by atoms with Gasteiger partial charge in [0.2, 0.25) is 0 Å². The van der Waals surface area contributed by atoms with E-state index in [1.165, 1.54) is 17.1 Å². The lowest BCUT2D eigenvalue weighted by Gasteiger charge is -2.11. The molecule has 0 aliphatic rings. The van der Waals surface area contributed by atoms with E-state index in [0.29, 0.717) is 0 Å². The summed E-state index contributed by atoms with van der Waals surface area (Å²) in [4.78, 5) is 33.9. The first-order chi connectivity index (χ1) is 17.7. The molecule has 0 aliphatic carbocycles. The lowest BCUT2D eigenvalue weighted by molar-refractivity contribution is 0.0956. The van der Waals surface area contributed by atoms with Gasteiger partial charge in [0.25, 0.3) is 11.5 Å². The van der Waals surface area contributed by atoms with Gasteiger partial charge in [-0.25, -0.2) is 4.98 Å². The molecule has 2 aromatic heterocycles. The molecule has 190 valence electrons. The number of nitrogens with one attached hydrogen (secondary N) is 1. The third-order valence-corrected chi connectivity index (χ3v) is 5.63. The summed E-state index contributed by atoms with van der Waals surface area (Å²) in [7, 11) is 0. The van der Waals surface area contributed by atoms with Gasteiger partial charge in [0, 0.05) is 23.3 Å². The number of hydrogen-bond donors (Lipinski definition) is 1. The second-order valence-corrected chi connectivity index (χ2v) is 8.89. The van der Waals surface area contributed by atoms with Gasteiger partial charge >= 0.3 is 0 Å². The fourth-order valence-electron chi connectivity index (χ4n) is 3.55. The second-order valence-electron chi connectivity index (χ2n) is 8.89. The van der Waals surface area contributed by atoms with Crippen molar-refractivity contribution >= 4 is 16.8 Å². The van der Waals surface area contributed by atoms with Crippen molar-refractivity contribution in [2.45, 2.75) is 47.3 Å². The second kappa shape index (κ2) is 12.5. The van der Waals surface area contributed by atoms with Crippen molar-refractivity contribution in [3.63, 3.8) is 0 Å². The Morgan fingerprint density at radius 2 is 2.03 bits per heavy atom. The summed E-state index contributed by atoms with van der Waals surface area (Å²) in [6, 6.07) is 7.49. The van der Waals surface area contributed by atoms with E-state index in [2.05, 4.69) is 33.7 Å². The van der Waals surface area contributed by atoms with Crippen molar-refractivity contribution in [3.8, 4) is 17.6 Å². The van der Waals surface area contributed by atoms with Gasteiger partial charge in [0.15, 0.2) is 0 Å². The number of carbonyl (C=O) groups is 1. The molecule has 3 rings (SSSR count).